The highest BCUT2D eigenvalue weighted by Crippen LogP contribution is 2.07. The van der Waals surface area contributed by atoms with E-state index in [1.807, 2.05) is 6.07 Å². The minimum atomic E-state index is 0.507. The fraction of sp³-hybridized carbons (Fsp3) is 0.500. The van der Waals surface area contributed by atoms with Gasteiger partial charge in [-0.25, -0.2) is 9.97 Å². The van der Waals surface area contributed by atoms with Gasteiger partial charge in [0.2, 0.25) is 0 Å². The first-order valence-corrected chi connectivity index (χ1v) is 4.41. The summed E-state index contributed by atoms with van der Waals surface area (Å²) in [6.07, 6.45) is 5.04. The van der Waals surface area contributed by atoms with E-state index in [4.69, 9.17) is 0 Å². The van der Waals surface area contributed by atoms with Crippen molar-refractivity contribution in [2.75, 3.05) is 6.26 Å². The first kappa shape index (κ1) is 10.4. The van der Waals surface area contributed by atoms with E-state index in [1.165, 1.54) is 0 Å². The molecule has 1 heterocycles. The van der Waals surface area contributed by atoms with Gasteiger partial charge in [0.15, 0.2) is 0 Å². The van der Waals surface area contributed by atoms with Crippen LogP contribution in [0.1, 0.15) is 25.5 Å². The second kappa shape index (κ2) is 6.16. The Bertz CT molecular complexity index is 175. The third kappa shape index (κ3) is 3.98. The Hall–Kier alpha value is -0.570. The van der Waals surface area contributed by atoms with Crippen LogP contribution in [0.4, 0.5) is 0 Å². The maximum atomic E-state index is 4.07. The highest BCUT2D eigenvalue weighted by Gasteiger charge is 1.95. The lowest BCUT2D eigenvalue weighted by Gasteiger charge is -1.99. The lowest BCUT2D eigenvalue weighted by atomic mass is 10.1. The van der Waals surface area contributed by atoms with Crippen LogP contribution in [0.5, 0.6) is 0 Å². The SMILES string of the molecule is CC(C)c1ccncn1.CS. The highest BCUT2D eigenvalue weighted by molar-refractivity contribution is 7.79. The molecule has 0 atom stereocenters. The second-order valence-corrected chi connectivity index (χ2v) is 2.29. The van der Waals surface area contributed by atoms with Gasteiger partial charge in [0.05, 0.1) is 0 Å². The molecule has 0 saturated carbocycles. The number of hydrogen-bond acceptors (Lipinski definition) is 3. The zero-order valence-electron chi connectivity index (χ0n) is 7.15. The van der Waals surface area contributed by atoms with Crippen molar-refractivity contribution in [1.82, 2.24) is 9.97 Å². The summed E-state index contributed by atoms with van der Waals surface area (Å²) in [5.41, 5.74) is 1.10. The Labute approximate surface area is 73.5 Å². The average molecular weight is 170 g/mol. The Balaban J connectivity index is 0.000000461. The van der Waals surface area contributed by atoms with Gasteiger partial charge in [0.1, 0.15) is 6.33 Å². The van der Waals surface area contributed by atoms with Crippen LogP contribution in [-0.2, 0) is 0 Å². The predicted molar refractivity (Wildman–Crippen MR) is 51.0 cm³/mol. The summed E-state index contributed by atoms with van der Waals surface area (Å²) < 4.78 is 0. The van der Waals surface area contributed by atoms with Crippen molar-refractivity contribution in [2.45, 2.75) is 19.8 Å². The number of aromatic nitrogens is 2. The number of hydrogen-bond donors (Lipinski definition) is 1. The largest absolute Gasteiger partial charge is 0.245 e. The molecule has 1 aromatic rings. The first-order valence-electron chi connectivity index (χ1n) is 3.51. The van der Waals surface area contributed by atoms with E-state index in [2.05, 4.69) is 36.4 Å². The van der Waals surface area contributed by atoms with Crippen LogP contribution in [0.25, 0.3) is 0 Å². The average Bonchev–Trinajstić information content (AvgIpc) is 2.10. The van der Waals surface area contributed by atoms with Gasteiger partial charge >= 0.3 is 0 Å². The van der Waals surface area contributed by atoms with Gasteiger partial charge in [-0.2, -0.15) is 12.6 Å². The fourth-order valence-electron chi connectivity index (χ4n) is 0.642. The maximum Gasteiger partial charge on any atom is 0.115 e. The standard InChI is InChI=1S/C7H10N2.CH4S/c1-6(2)7-3-4-8-5-9-7;1-2/h3-6H,1-2H3;2H,1H3. The minimum Gasteiger partial charge on any atom is -0.245 e. The highest BCUT2D eigenvalue weighted by atomic mass is 32.1. The fourth-order valence-corrected chi connectivity index (χ4v) is 0.642. The zero-order valence-corrected chi connectivity index (χ0v) is 8.05. The molecule has 62 valence electrons. The van der Waals surface area contributed by atoms with Crippen molar-refractivity contribution in [3.05, 3.63) is 24.3 Å². The number of thiol groups is 1. The summed E-state index contributed by atoms with van der Waals surface area (Å²) >= 11 is 3.53. The summed E-state index contributed by atoms with van der Waals surface area (Å²) in [5.74, 6) is 0.507. The van der Waals surface area contributed by atoms with Gasteiger partial charge in [0, 0.05) is 11.9 Å². The van der Waals surface area contributed by atoms with Crippen LogP contribution in [0.15, 0.2) is 18.6 Å². The van der Waals surface area contributed by atoms with Gasteiger partial charge in [-0.15, -0.1) is 0 Å². The molecule has 0 fully saturated rings. The van der Waals surface area contributed by atoms with Crippen molar-refractivity contribution in [3.63, 3.8) is 0 Å². The summed E-state index contributed by atoms with van der Waals surface area (Å²) in [5, 5.41) is 0. The summed E-state index contributed by atoms with van der Waals surface area (Å²) in [4.78, 5) is 7.88. The van der Waals surface area contributed by atoms with Crippen LogP contribution in [-0.4, -0.2) is 16.2 Å². The topological polar surface area (TPSA) is 25.8 Å². The lowest BCUT2D eigenvalue weighted by molar-refractivity contribution is 0.814. The Kier molecular flexibility index (Phi) is 5.84. The number of nitrogens with zero attached hydrogens (tertiary/aromatic N) is 2. The van der Waals surface area contributed by atoms with Crippen LogP contribution in [0.2, 0.25) is 0 Å². The van der Waals surface area contributed by atoms with Crippen LogP contribution in [0.3, 0.4) is 0 Å². The summed E-state index contributed by atoms with van der Waals surface area (Å²) in [7, 11) is 0. The molecule has 0 unspecified atom stereocenters. The monoisotopic (exact) mass is 170 g/mol. The molecule has 11 heavy (non-hydrogen) atoms. The van der Waals surface area contributed by atoms with E-state index in [1.54, 1.807) is 18.8 Å². The molecule has 1 aromatic heterocycles. The molecule has 0 radical (unpaired) electrons. The molecule has 0 aliphatic rings. The van der Waals surface area contributed by atoms with E-state index < -0.39 is 0 Å². The van der Waals surface area contributed by atoms with Gasteiger partial charge in [0.25, 0.3) is 0 Å². The van der Waals surface area contributed by atoms with Crippen molar-refractivity contribution < 1.29 is 0 Å². The predicted octanol–water partition coefficient (Wildman–Crippen LogP) is 2.15. The molecule has 0 aliphatic carbocycles. The normalized spacial score (nSPS) is 8.82. The van der Waals surface area contributed by atoms with Crippen molar-refractivity contribution in [3.8, 4) is 0 Å². The minimum absolute atomic E-state index is 0.507. The Morgan fingerprint density at radius 2 is 2.00 bits per heavy atom. The molecule has 0 aromatic carbocycles. The maximum absolute atomic E-state index is 4.07. The molecule has 0 aliphatic heterocycles. The Morgan fingerprint density at radius 1 is 1.36 bits per heavy atom. The third-order valence-electron chi connectivity index (χ3n) is 1.20. The summed E-state index contributed by atoms with van der Waals surface area (Å²) in [6, 6.07) is 1.94. The third-order valence-corrected chi connectivity index (χ3v) is 1.20. The molecule has 0 spiro atoms. The van der Waals surface area contributed by atoms with E-state index in [0.717, 1.165) is 5.69 Å². The van der Waals surface area contributed by atoms with Crippen LogP contribution < -0.4 is 0 Å². The smallest absolute Gasteiger partial charge is 0.115 e. The molecule has 0 bridgehead atoms. The van der Waals surface area contributed by atoms with Gasteiger partial charge in [-0.3, -0.25) is 0 Å². The van der Waals surface area contributed by atoms with E-state index in [-0.39, 0.29) is 0 Å². The van der Waals surface area contributed by atoms with Gasteiger partial charge in [-0.05, 0) is 18.2 Å². The molecule has 0 saturated heterocycles. The number of rotatable bonds is 1. The molecule has 0 N–H and O–H groups in total. The molecular weight excluding hydrogens is 156 g/mol. The van der Waals surface area contributed by atoms with E-state index in [0.29, 0.717) is 5.92 Å². The molecule has 3 heteroatoms. The van der Waals surface area contributed by atoms with Crippen LogP contribution in [0, 0.1) is 0 Å². The van der Waals surface area contributed by atoms with Crippen LogP contribution >= 0.6 is 12.6 Å². The molecule has 1 rings (SSSR count). The molecule has 2 nitrogen and oxygen atoms in total. The van der Waals surface area contributed by atoms with Gasteiger partial charge < -0.3 is 0 Å². The quantitative estimate of drug-likeness (QED) is 0.653. The van der Waals surface area contributed by atoms with Crippen molar-refractivity contribution in [2.24, 2.45) is 0 Å². The lowest BCUT2D eigenvalue weighted by Crippen LogP contribution is -1.90. The van der Waals surface area contributed by atoms with E-state index >= 15 is 0 Å². The summed E-state index contributed by atoms with van der Waals surface area (Å²) in [6.45, 7) is 4.23. The van der Waals surface area contributed by atoms with Crippen molar-refractivity contribution >= 4 is 12.6 Å². The zero-order chi connectivity index (χ0) is 8.69. The van der Waals surface area contributed by atoms with Crippen molar-refractivity contribution in [1.29, 1.82) is 0 Å². The Morgan fingerprint density at radius 3 is 2.27 bits per heavy atom. The second-order valence-electron chi connectivity index (χ2n) is 2.29. The first-order chi connectivity index (χ1) is 5.30. The molecular formula is C8H14N2S. The van der Waals surface area contributed by atoms with E-state index in [9.17, 15) is 0 Å². The molecule has 0 amide bonds. The van der Waals surface area contributed by atoms with Gasteiger partial charge in [-0.1, -0.05) is 13.8 Å².